The first-order chi connectivity index (χ1) is 10.2. The fourth-order valence-electron chi connectivity index (χ4n) is 3.03. The minimum Gasteiger partial charge on any atom is -0.351 e. The highest BCUT2D eigenvalue weighted by molar-refractivity contribution is 5.97. The number of nitrogens with zero attached hydrogens (tertiary/aromatic N) is 1. The van der Waals surface area contributed by atoms with Crippen LogP contribution in [0.25, 0.3) is 10.9 Å². The number of amides is 1. The zero-order chi connectivity index (χ0) is 14.7. The maximum Gasteiger partial charge on any atom is 0.267 e. The third-order valence-electron chi connectivity index (χ3n) is 4.45. The first-order valence-corrected chi connectivity index (χ1v) is 7.77. The number of piperidine rings is 1. The lowest BCUT2D eigenvalue weighted by atomic mass is 9.94. The summed E-state index contributed by atoms with van der Waals surface area (Å²) in [6, 6.07) is 9.88. The number of benzene rings is 1. The Morgan fingerprint density at radius 1 is 1.33 bits per heavy atom. The van der Waals surface area contributed by atoms with Gasteiger partial charge in [0.2, 0.25) is 0 Å². The molecule has 1 aromatic heterocycles. The van der Waals surface area contributed by atoms with Crippen LogP contribution < -0.4 is 5.32 Å². The Morgan fingerprint density at radius 3 is 2.86 bits per heavy atom. The smallest absolute Gasteiger partial charge is 0.267 e. The van der Waals surface area contributed by atoms with Crippen molar-refractivity contribution >= 4 is 16.8 Å². The topological polar surface area (TPSA) is 48.1 Å². The van der Waals surface area contributed by atoms with Crippen molar-refractivity contribution in [3.63, 3.8) is 0 Å². The SMILES string of the molecule is CN1CCC(CCNC(=O)c2cc3ccccc3[nH]2)CC1. The second-order valence-electron chi connectivity index (χ2n) is 6.06. The van der Waals surface area contributed by atoms with E-state index in [1.54, 1.807) is 0 Å². The van der Waals surface area contributed by atoms with Gasteiger partial charge >= 0.3 is 0 Å². The molecule has 0 radical (unpaired) electrons. The Labute approximate surface area is 125 Å². The predicted molar refractivity (Wildman–Crippen MR) is 85.5 cm³/mol. The fourth-order valence-corrected chi connectivity index (χ4v) is 3.03. The zero-order valence-corrected chi connectivity index (χ0v) is 12.6. The van der Waals surface area contributed by atoms with Crippen LogP contribution in [-0.4, -0.2) is 42.5 Å². The van der Waals surface area contributed by atoms with E-state index in [-0.39, 0.29) is 5.91 Å². The van der Waals surface area contributed by atoms with Gasteiger partial charge in [0.1, 0.15) is 5.69 Å². The molecule has 0 aliphatic carbocycles. The van der Waals surface area contributed by atoms with Crippen molar-refractivity contribution in [2.45, 2.75) is 19.3 Å². The van der Waals surface area contributed by atoms with Crippen molar-refractivity contribution in [2.75, 3.05) is 26.7 Å². The third-order valence-corrected chi connectivity index (χ3v) is 4.45. The quantitative estimate of drug-likeness (QED) is 0.907. The summed E-state index contributed by atoms with van der Waals surface area (Å²) in [4.78, 5) is 17.7. The van der Waals surface area contributed by atoms with Crippen LogP contribution in [0.4, 0.5) is 0 Å². The van der Waals surface area contributed by atoms with Crippen LogP contribution in [0.3, 0.4) is 0 Å². The third kappa shape index (κ3) is 3.45. The molecule has 0 atom stereocenters. The first-order valence-electron chi connectivity index (χ1n) is 7.77. The van der Waals surface area contributed by atoms with Crippen molar-refractivity contribution in [1.82, 2.24) is 15.2 Å². The molecule has 112 valence electrons. The molecular weight excluding hydrogens is 262 g/mol. The number of aromatic amines is 1. The minimum absolute atomic E-state index is 0.000808. The molecule has 2 N–H and O–H groups in total. The van der Waals surface area contributed by atoms with E-state index in [1.807, 2.05) is 30.3 Å². The van der Waals surface area contributed by atoms with Crippen molar-refractivity contribution in [3.8, 4) is 0 Å². The Kier molecular flexibility index (Phi) is 4.25. The lowest BCUT2D eigenvalue weighted by Gasteiger charge is -2.28. The molecule has 4 heteroatoms. The molecule has 0 spiro atoms. The van der Waals surface area contributed by atoms with Gasteiger partial charge in [-0.2, -0.15) is 0 Å². The van der Waals surface area contributed by atoms with Gasteiger partial charge in [0.25, 0.3) is 5.91 Å². The summed E-state index contributed by atoms with van der Waals surface area (Å²) in [6.07, 6.45) is 3.58. The predicted octanol–water partition coefficient (Wildman–Crippen LogP) is 2.63. The van der Waals surface area contributed by atoms with Crippen LogP contribution in [0, 0.1) is 5.92 Å². The lowest BCUT2D eigenvalue weighted by Crippen LogP contribution is -2.32. The molecule has 3 rings (SSSR count). The maximum absolute atomic E-state index is 12.2. The molecule has 1 aliphatic rings. The van der Waals surface area contributed by atoms with E-state index >= 15 is 0 Å². The van der Waals surface area contributed by atoms with Crippen molar-refractivity contribution in [1.29, 1.82) is 0 Å². The Hall–Kier alpha value is -1.81. The van der Waals surface area contributed by atoms with E-state index in [0.29, 0.717) is 5.69 Å². The van der Waals surface area contributed by atoms with Gasteiger partial charge in [0.15, 0.2) is 0 Å². The highest BCUT2D eigenvalue weighted by Crippen LogP contribution is 2.19. The van der Waals surface area contributed by atoms with E-state index in [2.05, 4.69) is 22.2 Å². The van der Waals surface area contributed by atoms with Gasteiger partial charge in [-0.3, -0.25) is 4.79 Å². The van der Waals surface area contributed by atoms with Crippen molar-refractivity contribution in [2.24, 2.45) is 5.92 Å². The average molecular weight is 285 g/mol. The monoisotopic (exact) mass is 285 g/mol. The van der Waals surface area contributed by atoms with Crippen LogP contribution in [0.15, 0.2) is 30.3 Å². The number of hydrogen-bond donors (Lipinski definition) is 2. The largest absolute Gasteiger partial charge is 0.351 e. The molecule has 2 aromatic rings. The molecule has 1 fully saturated rings. The number of para-hydroxylation sites is 1. The number of carbonyl (C=O) groups is 1. The number of aromatic nitrogens is 1. The van der Waals surface area contributed by atoms with Gasteiger partial charge in [-0.15, -0.1) is 0 Å². The molecular formula is C17H23N3O. The van der Waals surface area contributed by atoms with Crippen LogP contribution >= 0.6 is 0 Å². The molecule has 0 unspecified atom stereocenters. The van der Waals surface area contributed by atoms with Gasteiger partial charge in [-0.05, 0) is 57.5 Å². The van der Waals surface area contributed by atoms with E-state index in [9.17, 15) is 4.79 Å². The summed E-state index contributed by atoms with van der Waals surface area (Å²) in [6.45, 7) is 3.13. The second kappa shape index (κ2) is 6.31. The normalized spacial score (nSPS) is 17.2. The fraction of sp³-hybridized carbons (Fsp3) is 0.471. The summed E-state index contributed by atoms with van der Waals surface area (Å²) in [5, 5.41) is 4.12. The average Bonchev–Trinajstić information content (AvgIpc) is 2.93. The Bertz CT molecular complexity index is 578. The summed E-state index contributed by atoms with van der Waals surface area (Å²) < 4.78 is 0. The number of carbonyl (C=O) groups excluding carboxylic acids is 1. The lowest BCUT2D eigenvalue weighted by molar-refractivity contribution is 0.0945. The zero-order valence-electron chi connectivity index (χ0n) is 12.6. The molecule has 21 heavy (non-hydrogen) atoms. The molecule has 0 bridgehead atoms. The van der Waals surface area contributed by atoms with E-state index in [0.717, 1.165) is 29.8 Å². The maximum atomic E-state index is 12.2. The molecule has 1 amide bonds. The van der Waals surface area contributed by atoms with E-state index in [4.69, 9.17) is 0 Å². The molecule has 1 saturated heterocycles. The minimum atomic E-state index is -0.000808. The molecule has 4 nitrogen and oxygen atoms in total. The summed E-state index contributed by atoms with van der Waals surface area (Å²) >= 11 is 0. The number of fused-ring (bicyclic) bond motifs is 1. The molecule has 1 aromatic carbocycles. The van der Waals surface area contributed by atoms with Gasteiger partial charge in [0.05, 0.1) is 0 Å². The van der Waals surface area contributed by atoms with Crippen molar-refractivity contribution in [3.05, 3.63) is 36.0 Å². The number of hydrogen-bond acceptors (Lipinski definition) is 2. The summed E-state index contributed by atoms with van der Waals surface area (Å²) in [5.41, 5.74) is 1.66. The first kappa shape index (κ1) is 14.1. The van der Waals surface area contributed by atoms with Gasteiger partial charge in [-0.25, -0.2) is 0 Å². The molecule has 1 aliphatic heterocycles. The van der Waals surface area contributed by atoms with Gasteiger partial charge in [0, 0.05) is 17.4 Å². The highest BCUT2D eigenvalue weighted by Gasteiger charge is 2.16. The summed E-state index contributed by atoms with van der Waals surface area (Å²) in [5.74, 6) is 0.753. The van der Waals surface area contributed by atoms with E-state index in [1.165, 1.54) is 25.9 Å². The highest BCUT2D eigenvalue weighted by atomic mass is 16.1. The molecule has 0 saturated carbocycles. The van der Waals surface area contributed by atoms with Crippen LogP contribution in [-0.2, 0) is 0 Å². The van der Waals surface area contributed by atoms with Crippen LogP contribution in [0.5, 0.6) is 0 Å². The van der Waals surface area contributed by atoms with Crippen LogP contribution in [0.2, 0.25) is 0 Å². The van der Waals surface area contributed by atoms with Gasteiger partial charge < -0.3 is 15.2 Å². The summed E-state index contributed by atoms with van der Waals surface area (Å²) in [7, 11) is 2.17. The number of likely N-dealkylation sites (tertiary alicyclic amines) is 1. The second-order valence-corrected chi connectivity index (χ2v) is 6.06. The van der Waals surface area contributed by atoms with Crippen molar-refractivity contribution < 1.29 is 4.79 Å². The standard InChI is InChI=1S/C17H23N3O/c1-20-10-7-13(8-11-20)6-9-18-17(21)16-12-14-4-2-3-5-15(14)19-16/h2-5,12-13,19H,6-11H2,1H3,(H,18,21). The Balaban J connectivity index is 1.50. The number of H-pyrrole nitrogens is 1. The van der Waals surface area contributed by atoms with Crippen LogP contribution in [0.1, 0.15) is 29.8 Å². The van der Waals surface area contributed by atoms with E-state index < -0.39 is 0 Å². The number of nitrogens with one attached hydrogen (secondary N) is 2. The molecule has 2 heterocycles. The van der Waals surface area contributed by atoms with Gasteiger partial charge in [-0.1, -0.05) is 18.2 Å². The Morgan fingerprint density at radius 2 is 2.10 bits per heavy atom. The number of rotatable bonds is 4.